The predicted molar refractivity (Wildman–Crippen MR) is 81.4 cm³/mol. The summed E-state index contributed by atoms with van der Waals surface area (Å²) in [6.45, 7) is 0.959. The number of rotatable bonds is 4. The second-order valence-corrected chi connectivity index (χ2v) is 6.34. The molecule has 2 aliphatic rings. The molecule has 4 heteroatoms. The number of hydrogen-bond acceptors (Lipinski definition) is 2. The molecule has 2 fully saturated rings. The first kappa shape index (κ1) is 16.8. The Bertz CT molecular complexity index is 279. The molecule has 2 saturated carbocycles. The average Bonchev–Trinajstić information content (AvgIpc) is 2.84. The van der Waals surface area contributed by atoms with Crippen LogP contribution in [-0.2, 0) is 4.79 Å². The first-order valence-electron chi connectivity index (χ1n) is 7.66. The minimum Gasteiger partial charge on any atom is -0.345 e. The van der Waals surface area contributed by atoms with Crippen molar-refractivity contribution >= 4 is 18.3 Å². The first-order valence-corrected chi connectivity index (χ1v) is 7.66. The smallest absolute Gasteiger partial charge is 0.222 e. The molecule has 19 heavy (non-hydrogen) atoms. The summed E-state index contributed by atoms with van der Waals surface area (Å²) in [5.41, 5.74) is 6.12. The summed E-state index contributed by atoms with van der Waals surface area (Å²) >= 11 is 0. The normalized spacial score (nSPS) is 27.9. The molecule has 2 aliphatic carbocycles. The Labute approximate surface area is 123 Å². The van der Waals surface area contributed by atoms with Gasteiger partial charge in [0.05, 0.1) is 0 Å². The summed E-state index contributed by atoms with van der Waals surface area (Å²) in [5, 5.41) is 0. The second-order valence-electron chi connectivity index (χ2n) is 6.34. The van der Waals surface area contributed by atoms with Crippen LogP contribution in [-0.4, -0.2) is 30.4 Å². The predicted octanol–water partition coefficient (Wildman–Crippen LogP) is 2.96. The van der Waals surface area contributed by atoms with Crippen molar-refractivity contribution in [1.29, 1.82) is 0 Å². The summed E-state index contributed by atoms with van der Waals surface area (Å²) in [4.78, 5) is 14.2. The number of carbonyl (C=O) groups excluding carboxylic acids is 1. The highest BCUT2D eigenvalue weighted by atomic mass is 35.5. The van der Waals surface area contributed by atoms with Gasteiger partial charge in [-0.15, -0.1) is 12.4 Å². The van der Waals surface area contributed by atoms with E-state index in [1.165, 1.54) is 38.5 Å². The molecule has 0 aromatic carbocycles. The van der Waals surface area contributed by atoms with Crippen molar-refractivity contribution in [3.05, 3.63) is 0 Å². The van der Waals surface area contributed by atoms with Crippen molar-refractivity contribution < 1.29 is 4.79 Å². The zero-order chi connectivity index (χ0) is 13.0. The summed E-state index contributed by atoms with van der Waals surface area (Å²) < 4.78 is 0. The SMILES string of the molecule is CN(CC1CCCC1)C(=O)CC1CCCCC1N.Cl. The minimum atomic E-state index is 0. The second kappa shape index (κ2) is 8.11. The molecular formula is C15H29ClN2O. The molecule has 0 aliphatic heterocycles. The quantitative estimate of drug-likeness (QED) is 0.864. The van der Waals surface area contributed by atoms with Gasteiger partial charge in [0.15, 0.2) is 0 Å². The molecule has 0 radical (unpaired) electrons. The zero-order valence-corrected chi connectivity index (χ0v) is 13.0. The molecule has 0 aromatic rings. The highest BCUT2D eigenvalue weighted by Crippen LogP contribution is 2.28. The first-order chi connectivity index (χ1) is 8.66. The topological polar surface area (TPSA) is 46.3 Å². The summed E-state index contributed by atoms with van der Waals surface area (Å²) in [7, 11) is 1.97. The Morgan fingerprint density at radius 2 is 1.68 bits per heavy atom. The zero-order valence-electron chi connectivity index (χ0n) is 12.1. The largest absolute Gasteiger partial charge is 0.345 e. The number of nitrogens with two attached hydrogens (primary N) is 1. The van der Waals surface area contributed by atoms with Crippen LogP contribution in [0, 0.1) is 11.8 Å². The summed E-state index contributed by atoms with van der Waals surface area (Å²) in [6, 6.07) is 0.252. The lowest BCUT2D eigenvalue weighted by molar-refractivity contribution is -0.131. The Morgan fingerprint density at radius 1 is 1.11 bits per heavy atom. The van der Waals surface area contributed by atoms with E-state index in [4.69, 9.17) is 5.73 Å². The van der Waals surface area contributed by atoms with Crippen molar-refractivity contribution in [3.8, 4) is 0 Å². The van der Waals surface area contributed by atoms with Gasteiger partial charge in [0.2, 0.25) is 5.91 Å². The van der Waals surface area contributed by atoms with Crippen molar-refractivity contribution in [2.45, 2.75) is 63.8 Å². The Balaban J connectivity index is 0.00000180. The van der Waals surface area contributed by atoms with E-state index in [2.05, 4.69) is 0 Å². The highest BCUT2D eigenvalue weighted by molar-refractivity contribution is 5.85. The molecule has 0 aromatic heterocycles. The fraction of sp³-hybridized carbons (Fsp3) is 0.933. The third-order valence-corrected chi connectivity index (χ3v) is 4.84. The van der Waals surface area contributed by atoms with Crippen molar-refractivity contribution in [2.24, 2.45) is 17.6 Å². The summed E-state index contributed by atoms with van der Waals surface area (Å²) in [6.07, 6.45) is 10.7. The molecule has 2 unspecified atom stereocenters. The van der Waals surface area contributed by atoms with Gasteiger partial charge in [-0.1, -0.05) is 25.7 Å². The maximum Gasteiger partial charge on any atom is 0.222 e. The molecular weight excluding hydrogens is 260 g/mol. The molecule has 3 nitrogen and oxygen atoms in total. The molecule has 0 heterocycles. The molecule has 2 N–H and O–H groups in total. The molecule has 0 saturated heterocycles. The molecule has 2 rings (SSSR count). The number of nitrogens with zero attached hydrogens (tertiary/aromatic N) is 1. The Morgan fingerprint density at radius 3 is 2.32 bits per heavy atom. The number of carbonyl (C=O) groups is 1. The van der Waals surface area contributed by atoms with E-state index in [-0.39, 0.29) is 18.4 Å². The van der Waals surface area contributed by atoms with Gasteiger partial charge in [0.25, 0.3) is 0 Å². The molecule has 0 spiro atoms. The van der Waals surface area contributed by atoms with E-state index in [0.717, 1.165) is 25.3 Å². The van der Waals surface area contributed by atoms with E-state index in [1.54, 1.807) is 0 Å². The van der Waals surface area contributed by atoms with E-state index in [9.17, 15) is 4.79 Å². The Kier molecular flexibility index (Phi) is 7.16. The van der Waals surface area contributed by atoms with E-state index >= 15 is 0 Å². The minimum absolute atomic E-state index is 0. The van der Waals surface area contributed by atoms with Crippen LogP contribution in [0.4, 0.5) is 0 Å². The van der Waals surface area contributed by atoms with Crippen LogP contribution in [0.3, 0.4) is 0 Å². The molecule has 1 amide bonds. The van der Waals surface area contributed by atoms with Crippen molar-refractivity contribution in [2.75, 3.05) is 13.6 Å². The van der Waals surface area contributed by atoms with Crippen LogP contribution in [0.5, 0.6) is 0 Å². The van der Waals surface area contributed by atoms with Gasteiger partial charge >= 0.3 is 0 Å². The fourth-order valence-corrected chi connectivity index (χ4v) is 3.55. The standard InChI is InChI=1S/C15H28N2O.ClH/c1-17(11-12-6-2-3-7-12)15(18)10-13-8-4-5-9-14(13)16;/h12-14H,2-11,16H2,1H3;1H. The molecule has 0 bridgehead atoms. The van der Waals surface area contributed by atoms with Gasteiger partial charge in [0, 0.05) is 26.1 Å². The van der Waals surface area contributed by atoms with Crippen molar-refractivity contribution in [3.63, 3.8) is 0 Å². The number of amides is 1. The number of halogens is 1. The van der Waals surface area contributed by atoms with Gasteiger partial charge < -0.3 is 10.6 Å². The average molecular weight is 289 g/mol. The van der Waals surface area contributed by atoms with Crippen LogP contribution in [0.25, 0.3) is 0 Å². The van der Waals surface area contributed by atoms with E-state index in [0.29, 0.717) is 18.2 Å². The van der Waals surface area contributed by atoms with E-state index in [1.807, 2.05) is 11.9 Å². The summed E-state index contributed by atoms with van der Waals surface area (Å²) in [5.74, 6) is 1.49. The van der Waals surface area contributed by atoms with Crippen LogP contribution in [0.15, 0.2) is 0 Å². The lowest BCUT2D eigenvalue weighted by Crippen LogP contribution is -2.38. The third-order valence-electron chi connectivity index (χ3n) is 4.84. The van der Waals surface area contributed by atoms with Gasteiger partial charge in [-0.2, -0.15) is 0 Å². The van der Waals surface area contributed by atoms with Gasteiger partial charge in [-0.05, 0) is 37.5 Å². The lowest BCUT2D eigenvalue weighted by Gasteiger charge is -2.30. The fourth-order valence-electron chi connectivity index (χ4n) is 3.55. The lowest BCUT2D eigenvalue weighted by atomic mass is 9.82. The van der Waals surface area contributed by atoms with E-state index < -0.39 is 0 Å². The van der Waals surface area contributed by atoms with Crippen LogP contribution in [0.2, 0.25) is 0 Å². The third kappa shape index (κ3) is 4.96. The van der Waals surface area contributed by atoms with Crippen LogP contribution < -0.4 is 5.73 Å². The van der Waals surface area contributed by atoms with Gasteiger partial charge in [-0.25, -0.2) is 0 Å². The van der Waals surface area contributed by atoms with Gasteiger partial charge in [-0.3, -0.25) is 4.79 Å². The maximum atomic E-state index is 12.2. The Hall–Kier alpha value is -0.280. The number of hydrogen-bond donors (Lipinski definition) is 1. The molecule has 2 atom stereocenters. The highest BCUT2D eigenvalue weighted by Gasteiger charge is 2.26. The monoisotopic (exact) mass is 288 g/mol. The maximum absolute atomic E-state index is 12.2. The van der Waals surface area contributed by atoms with Crippen molar-refractivity contribution in [1.82, 2.24) is 4.90 Å². The van der Waals surface area contributed by atoms with Crippen LogP contribution in [0.1, 0.15) is 57.8 Å². The van der Waals surface area contributed by atoms with Crippen LogP contribution >= 0.6 is 12.4 Å². The van der Waals surface area contributed by atoms with Gasteiger partial charge in [0.1, 0.15) is 0 Å². The molecule has 112 valence electrons.